The molecule has 1 atom stereocenters. The summed E-state index contributed by atoms with van der Waals surface area (Å²) in [6.45, 7) is 2.91. The maximum atomic E-state index is 11.4. The summed E-state index contributed by atoms with van der Waals surface area (Å²) in [5.41, 5.74) is 5.74. The molecule has 7 nitrogen and oxygen atoms in total. The Morgan fingerprint density at radius 1 is 1.65 bits per heavy atom. The van der Waals surface area contributed by atoms with E-state index in [2.05, 4.69) is 20.4 Å². The standard InChI is InChI=1S/C10H18N6O/c1-12-10(17)4-8(5-11)15-2-3-16-7-13-14-9(16)6-15/h7-8H,2-6,11H2,1H3,(H,12,17). The Morgan fingerprint density at radius 2 is 2.47 bits per heavy atom. The van der Waals surface area contributed by atoms with E-state index in [1.165, 1.54) is 0 Å². The van der Waals surface area contributed by atoms with Crippen LogP contribution in [0.3, 0.4) is 0 Å². The third-order valence-corrected chi connectivity index (χ3v) is 3.16. The van der Waals surface area contributed by atoms with Crippen LogP contribution in [0.4, 0.5) is 0 Å². The fraction of sp³-hybridized carbons (Fsp3) is 0.700. The number of carbonyl (C=O) groups excluding carboxylic acids is 1. The summed E-state index contributed by atoms with van der Waals surface area (Å²) in [6.07, 6.45) is 2.17. The monoisotopic (exact) mass is 238 g/mol. The fourth-order valence-electron chi connectivity index (χ4n) is 2.07. The summed E-state index contributed by atoms with van der Waals surface area (Å²) in [6, 6.07) is 0.0698. The molecule has 2 heterocycles. The molecule has 0 spiro atoms. The molecule has 1 aromatic heterocycles. The molecule has 1 amide bonds. The second kappa shape index (κ2) is 5.24. The van der Waals surface area contributed by atoms with Gasteiger partial charge in [0, 0.05) is 39.1 Å². The van der Waals surface area contributed by atoms with Crippen molar-refractivity contribution in [3.63, 3.8) is 0 Å². The summed E-state index contributed by atoms with van der Waals surface area (Å²) in [7, 11) is 1.64. The van der Waals surface area contributed by atoms with Crippen LogP contribution in [0, 0.1) is 0 Å². The topological polar surface area (TPSA) is 89.1 Å². The first kappa shape index (κ1) is 12.0. The van der Waals surface area contributed by atoms with Gasteiger partial charge in [0.15, 0.2) is 0 Å². The molecule has 1 unspecified atom stereocenters. The van der Waals surface area contributed by atoms with Crippen molar-refractivity contribution in [2.24, 2.45) is 5.73 Å². The lowest BCUT2D eigenvalue weighted by atomic mass is 10.1. The number of hydrogen-bond donors (Lipinski definition) is 2. The van der Waals surface area contributed by atoms with Crippen molar-refractivity contribution in [2.75, 3.05) is 20.1 Å². The van der Waals surface area contributed by atoms with Crippen molar-refractivity contribution in [1.29, 1.82) is 0 Å². The number of nitrogens with two attached hydrogens (primary N) is 1. The Kier molecular flexibility index (Phi) is 3.70. The number of amides is 1. The summed E-state index contributed by atoms with van der Waals surface area (Å²) < 4.78 is 2.03. The van der Waals surface area contributed by atoms with E-state index in [-0.39, 0.29) is 11.9 Å². The number of hydrogen-bond acceptors (Lipinski definition) is 5. The van der Waals surface area contributed by atoms with Crippen molar-refractivity contribution >= 4 is 5.91 Å². The van der Waals surface area contributed by atoms with Crippen LogP contribution in [-0.4, -0.2) is 51.8 Å². The van der Waals surface area contributed by atoms with E-state index in [4.69, 9.17) is 5.73 Å². The molecule has 0 radical (unpaired) electrons. The van der Waals surface area contributed by atoms with Gasteiger partial charge < -0.3 is 15.6 Å². The SMILES string of the molecule is CNC(=O)CC(CN)N1CCn2cnnc2C1. The minimum atomic E-state index is 0.0208. The first-order valence-electron chi connectivity index (χ1n) is 5.76. The van der Waals surface area contributed by atoms with Crippen LogP contribution < -0.4 is 11.1 Å². The molecular formula is C10H18N6O. The molecule has 0 bridgehead atoms. The van der Waals surface area contributed by atoms with E-state index in [9.17, 15) is 4.79 Å². The highest BCUT2D eigenvalue weighted by molar-refractivity contribution is 5.76. The molecule has 2 rings (SSSR count). The molecule has 1 aliphatic rings. The lowest BCUT2D eigenvalue weighted by molar-refractivity contribution is -0.121. The zero-order chi connectivity index (χ0) is 12.3. The molecule has 3 N–H and O–H groups in total. The maximum absolute atomic E-state index is 11.4. The largest absolute Gasteiger partial charge is 0.359 e. The van der Waals surface area contributed by atoms with Crippen LogP contribution in [0.2, 0.25) is 0 Å². The average Bonchev–Trinajstić information content (AvgIpc) is 2.82. The van der Waals surface area contributed by atoms with Crippen LogP contribution >= 0.6 is 0 Å². The lowest BCUT2D eigenvalue weighted by Gasteiger charge is -2.33. The van der Waals surface area contributed by atoms with E-state index in [0.717, 1.165) is 18.9 Å². The number of nitrogens with one attached hydrogen (secondary N) is 1. The van der Waals surface area contributed by atoms with Crippen LogP contribution in [0.25, 0.3) is 0 Å². The Morgan fingerprint density at radius 3 is 3.18 bits per heavy atom. The molecule has 94 valence electrons. The molecular weight excluding hydrogens is 220 g/mol. The van der Waals surface area contributed by atoms with Gasteiger partial charge in [-0.05, 0) is 0 Å². The molecule has 7 heteroatoms. The van der Waals surface area contributed by atoms with E-state index in [1.54, 1.807) is 13.4 Å². The highest BCUT2D eigenvalue weighted by atomic mass is 16.1. The van der Waals surface area contributed by atoms with E-state index >= 15 is 0 Å². The van der Waals surface area contributed by atoms with Gasteiger partial charge in [0.1, 0.15) is 12.2 Å². The number of carbonyl (C=O) groups is 1. The van der Waals surface area contributed by atoms with E-state index in [0.29, 0.717) is 19.5 Å². The molecule has 0 aliphatic carbocycles. The quantitative estimate of drug-likeness (QED) is 0.670. The summed E-state index contributed by atoms with van der Waals surface area (Å²) >= 11 is 0. The van der Waals surface area contributed by atoms with Gasteiger partial charge in [-0.2, -0.15) is 0 Å². The lowest BCUT2D eigenvalue weighted by Crippen LogP contribution is -2.46. The van der Waals surface area contributed by atoms with Crippen LogP contribution in [0.15, 0.2) is 6.33 Å². The molecule has 1 aromatic rings. The second-order valence-electron chi connectivity index (χ2n) is 4.18. The smallest absolute Gasteiger partial charge is 0.221 e. The minimum absolute atomic E-state index is 0.0208. The third kappa shape index (κ3) is 2.62. The Balaban J connectivity index is 2.00. The molecule has 17 heavy (non-hydrogen) atoms. The number of rotatable bonds is 4. The van der Waals surface area contributed by atoms with Gasteiger partial charge in [-0.3, -0.25) is 9.69 Å². The molecule has 1 aliphatic heterocycles. The number of fused-ring (bicyclic) bond motifs is 1. The predicted octanol–water partition coefficient (Wildman–Crippen LogP) is -1.44. The summed E-state index contributed by atoms with van der Waals surface area (Å²) in [4.78, 5) is 13.6. The Labute approximate surface area is 100.0 Å². The van der Waals surface area contributed by atoms with Gasteiger partial charge in [0.2, 0.25) is 5.91 Å². The van der Waals surface area contributed by atoms with Gasteiger partial charge in [0.25, 0.3) is 0 Å². The summed E-state index contributed by atoms with van der Waals surface area (Å²) in [5, 5.41) is 10.6. The third-order valence-electron chi connectivity index (χ3n) is 3.16. The van der Waals surface area contributed by atoms with Crippen LogP contribution in [0.5, 0.6) is 0 Å². The van der Waals surface area contributed by atoms with Gasteiger partial charge in [-0.15, -0.1) is 10.2 Å². The normalized spacial score (nSPS) is 17.5. The summed E-state index contributed by atoms with van der Waals surface area (Å²) in [5.74, 6) is 0.957. The fourth-order valence-corrected chi connectivity index (χ4v) is 2.07. The molecule has 0 aromatic carbocycles. The Bertz CT molecular complexity index is 390. The highest BCUT2D eigenvalue weighted by Gasteiger charge is 2.25. The van der Waals surface area contributed by atoms with Crippen LogP contribution in [-0.2, 0) is 17.9 Å². The first-order chi connectivity index (χ1) is 8.24. The zero-order valence-electron chi connectivity index (χ0n) is 9.96. The van der Waals surface area contributed by atoms with Crippen molar-refractivity contribution < 1.29 is 4.79 Å². The number of nitrogens with zero attached hydrogens (tertiary/aromatic N) is 4. The van der Waals surface area contributed by atoms with Crippen molar-refractivity contribution in [3.8, 4) is 0 Å². The average molecular weight is 238 g/mol. The predicted molar refractivity (Wildman–Crippen MR) is 62.0 cm³/mol. The van der Waals surface area contributed by atoms with E-state index < -0.39 is 0 Å². The van der Waals surface area contributed by atoms with Crippen LogP contribution in [0.1, 0.15) is 12.2 Å². The number of aromatic nitrogens is 3. The second-order valence-corrected chi connectivity index (χ2v) is 4.18. The molecule has 0 saturated carbocycles. The van der Waals surface area contributed by atoms with Crippen molar-refractivity contribution in [1.82, 2.24) is 25.0 Å². The first-order valence-corrected chi connectivity index (χ1v) is 5.76. The highest BCUT2D eigenvalue weighted by Crippen LogP contribution is 2.13. The zero-order valence-corrected chi connectivity index (χ0v) is 9.96. The maximum Gasteiger partial charge on any atom is 0.221 e. The van der Waals surface area contributed by atoms with Crippen molar-refractivity contribution in [3.05, 3.63) is 12.2 Å². The Hall–Kier alpha value is -1.47. The van der Waals surface area contributed by atoms with Gasteiger partial charge in [0.05, 0.1) is 6.54 Å². The van der Waals surface area contributed by atoms with Crippen molar-refractivity contribution in [2.45, 2.75) is 25.6 Å². The van der Waals surface area contributed by atoms with E-state index in [1.807, 2.05) is 4.57 Å². The van der Waals surface area contributed by atoms with Gasteiger partial charge in [-0.25, -0.2) is 0 Å². The molecule has 0 saturated heterocycles. The van der Waals surface area contributed by atoms with Gasteiger partial charge >= 0.3 is 0 Å². The minimum Gasteiger partial charge on any atom is -0.359 e. The molecule has 0 fully saturated rings. The van der Waals surface area contributed by atoms with Gasteiger partial charge in [-0.1, -0.05) is 0 Å².